The van der Waals surface area contributed by atoms with Crippen LogP contribution in [-0.2, 0) is 0 Å². The molecule has 0 aliphatic heterocycles. The van der Waals surface area contributed by atoms with Crippen LogP contribution in [0.15, 0.2) is 42.5 Å². The van der Waals surface area contributed by atoms with Crippen LogP contribution >= 0.6 is 0 Å². The summed E-state index contributed by atoms with van der Waals surface area (Å²) >= 11 is 0. The molecule has 0 aromatic heterocycles. The fourth-order valence-electron chi connectivity index (χ4n) is 1.93. The summed E-state index contributed by atoms with van der Waals surface area (Å²) in [6.07, 6.45) is 0. The predicted molar refractivity (Wildman–Crippen MR) is 70.9 cm³/mol. The molecule has 0 spiro atoms. The number of para-hydroxylation sites is 1. The van der Waals surface area contributed by atoms with E-state index in [9.17, 15) is 13.6 Å². The van der Waals surface area contributed by atoms with Gasteiger partial charge in [-0.15, -0.1) is 0 Å². The number of rotatable bonds is 3. The van der Waals surface area contributed by atoms with Gasteiger partial charge >= 0.3 is 0 Å². The molecule has 0 fully saturated rings. The maximum absolute atomic E-state index is 14.0. The third-order valence-corrected chi connectivity index (χ3v) is 2.92. The molecule has 0 saturated heterocycles. The number of anilines is 2. The number of hydrogen-bond acceptors (Lipinski definition) is 2. The molecule has 0 bridgehead atoms. The van der Waals surface area contributed by atoms with Gasteiger partial charge in [-0.2, -0.15) is 0 Å². The molecule has 0 aliphatic carbocycles. The molecule has 4 heteroatoms. The van der Waals surface area contributed by atoms with E-state index in [1.165, 1.54) is 48.2 Å². The summed E-state index contributed by atoms with van der Waals surface area (Å²) in [6, 6.07) is 10.0. The molecule has 0 N–H and O–H groups in total. The Balaban J connectivity index is 2.52. The van der Waals surface area contributed by atoms with Crippen LogP contribution in [0.4, 0.5) is 20.2 Å². The number of nitrogens with zero attached hydrogens (tertiary/aromatic N) is 1. The van der Waals surface area contributed by atoms with Gasteiger partial charge in [0, 0.05) is 18.3 Å². The van der Waals surface area contributed by atoms with Crippen molar-refractivity contribution in [3.8, 4) is 0 Å². The van der Waals surface area contributed by atoms with Gasteiger partial charge in [0.15, 0.2) is 5.78 Å². The Labute approximate surface area is 110 Å². The Morgan fingerprint density at radius 3 is 2.26 bits per heavy atom. The van der Waals surface area contributed by atoms with Gasteiger partial charge < -0.3 is 4.90 Å². The molecule has 0 amide bonds. The number of ketones is 1. The molecule has 0 unspecified atom stereocenters. The second kappa shape index (κ2) is 5.18. The minimum absolute atomic E-state index is 0.196. The van der Waals surface area contributed by atoms with Gasteiger partial charge in [-0.25, -0.2) is 8.78 Å². The lowest BCUT2D eigenvalue weighted by Gasteiger charge is -2.22. The Bertz CT molecular complexity index is 608. The second-order valence-corrected chi connectivity index (χ2v) is 4.23. The quantitative estimate of drug-likeness (QED) is 0.780. The van der Waals surface area contributed by atoms with E-state index in [4.69, 9.17) is 0 Å². The Hall–Kier alpha value is -2.23. The smallest absolute Gasteiger partial charge is 0.162 e. The van der Waals surface area contributed by atoms with Gasteiger partial charge in [-0.05, 0) is 43.3 Å². The molecule has 0 saturated carbocycles. The fraction of sp³-hybridized carbons (Fsp3) is 0.133. The van der Waals surface area contributed by atoms with Gasteiger partial charge in [0.1, 0.15) is 11.6 Å². The molecule has 2 nitrogen and oxygen atoms in total. The molecule has 0 atom stereocenters. The molecular weight excluding hydrogens is 248 g/mol. The van der Waals surface area contributed by atoms with Crippen LogP contribution in [0.2, 0.25) is 0 Å². The molecule has 0 radical (unpaired) electrons. The topological polar surface area (TPSA) is 20.3 Å². The van der Waals surface area contributed by atoms with Crippen molar-refractivity contribution in [2.45, 2.75) is 6.92 Å². The van der Waals surface area contributed by atoms with Crippen molar-refractivity contribution in [1.29, 1.82) is 0 Å². The largest absolute Gasteiger partial charge is 0.342 e. The average Bonchev–Trinajstić information content (AvgIpc) is 2.38. The number of benzene rings is 2. The molecule has 98 valence electrons. The highest BCUT2D eigenvalue weighted by atomic mass is 19.1. The highest BCUT2D eigenvalue weighted by Gasteiger charge is 2.17. The third kappa shape index (κ3) is 2.62. The fourth-order valence-corrected chi connectivity index (χ4v) is 1.93. The first kappa shape index (κ1) is 13.2. The third-order valence-electron chi connectivity index (χ3n) is 2.92. The number of Topliss-reactive ketones (excluding diaryl/α,β-unsaturated/α-hetero) is 1. The minimum atomic E-state index is -0.487. The Morgan fingerprint density at radius 2 is 1.68 bits per heavy atom. The summed E-state index contributed by atoms with van der Waals surface area (Å²) < 4.78 is 26.9. The van der Waals surface area contributed by atoms with Crippen LogP contribution in [0, 0.1) is 11.6 Å². The van der Waals surface area contributed by atoms with Crippen molar-refractivity contribution in [3.63, 3.8) is 0 Å². The lowest BCUT2D eigenvalue weighted by atomic mass is 10.1. The van der Waals surface area contributed by atoms with E-state index in [0.29, 0.717) is 11.3 Å². The van der Waals surface area contributed by atoms with Crippen LogP contribution in [0.25, 0.3) is 0 Å². The zero-order valence-electron chi connectivity index (χ0n) is 10.7. The lowest BCUT2D eigenvalue weighted by Crippen LogP contribution is -2.15. The zero-order chi connectivity index (χ0) is 14.0. The summed E-state index contributed by atoms with van der Waals surface area (Å²) in [5.41, 5.74) is 1.10. The van der Waals surface area contributed by atoms with Gasteiger partial charge in [0.2, 0.25) is 0 Å². The van der Waals surface area contributed by atoms with Crippen molar-refractivity contribution >= 4 is 17.2 Å². The molecular formula is C15H13F2NO. The van der Waals surface area contributed by atoms with E-state index in [2.05, 4.69) is 0 Å². The van der Waals surface area contributed by atoms with Gasteiger partial charge in [0.25, 0.3) is 0 Å². The standard InChI is InChI=1S/C15H13F2NO/c1-10(19)13-4-3-5-14(17)15(13)18(2)12-8-6-11(16)7-9-12/h3-9H,1-2H3. The second-order valence-electron chi connectivity index (χ2n) is 4.23. The Kier molecular flexibility index (Phi) is 3.60. The van der Waals surface area contributed by atoms with E-state index < -0.39 is 5.82 Å². The number of halogens is 2. The van der Waals surface area contributed by atoms with Crippen LogP contribution in [-0.4, -0.2) is 12.8 Å². The maximum atomic E-state index is 14.0. The predicted octanol–water partition coefficient (Wildman–Crippen LogP) is 3.94. The molecule has 0 heterocycles. The van der Waals surface area contributed by atoms with Crippen molar-refractivity contribution < 1.29 is 13.6 Å². The summed E-state index contributed by atoms with van der Waals surface area (Å²) in [7, 11) is 1.64. The van der Waals surface area contributed by atoms with Crippen molar-refractivity contribution in [3.05, 3.63) is 59.7 Å². The molecule has 2 rings (SSSR count). The summed E-state index contributed by atoms with van der Waals surface area (Å²) in [4.78, 5) is 13.1. The van der Waals surface area contributed by atoms with Gasteiger partial charge in [0.05, 0.1) is 5.69 Å². The van der Waals surface area contributed by atoms with Crippen molar-refractivity contribution in [1.82, 2.24) is 0 Å². The number of hydrogen-bond donors (Lipinski definition) is 0. The average molecular weight is 261 g/mol. The SMILES string of the molecule is CC(=O)c1cccc(F)c1N(C)c1ccc(F)cc1. The normalized spacial score (nSPS) is 10.3. The maximum Gasteiger partial charge on any atom is 0.162 e. The molecule has 2 aromatic rings. The van der Waals surface area contributed by atoms with Crippen molar-refractivity contribution in [2.24, 2.45) is 0 Å². The molecule has 0 aliphatic rings. The molecule has 19 heavy (non-hydrogen) atoms. The van der Waals surface area contributed by atoms with Crippen LogP contribution in [0.1, 0.15) is 17.3 Å². The van der Waals surface area contributed by atoms with E-state index in [0.717, 1.165) is 0 Å². The summed E-state index contributed by atoms with van der Waals surface area (Å²) in [6.45, 7) is 1.39. The van der Waals surface area contributed by atoms with Crippen LogP contribution in [0.5, 0.6) is 0 Å². The van der Waals surface area contributed by atoms with Crippen molar-refractivity contribution in [2.75, 3.05) is 11.9 Å². The van der Waals surface area contributed by atoms with E-state index >= 15 is 0 Å². The monoisotopic (exact) mass is 261 g/mol. The first-order valence-electron chi connectivity index (χ1n) is 5.79. The lowest BCUT2D eigenvalue weighted by molar-refractivity contribution is 0.101. The highest BCUT2D eigenvalue weighted by Crippen LogP contribution is 2.30. The number of carbonyl (C=O) groups is 1. The zero-order valence-corrected chi connectivity index (χ0v) is 10.7. The molecule has 2 aromatic carbocycles. The Morgan fingerprint density at radius 1 is 1.05 bits per heavy atom. The summed E-state index contributed by atoms with van der Waals surface area (Å²) in [5, 5.41) is 0. The van der Waals surface area contributed by atoms with Gasteiger partial charge in [-0.1, -0.05) is 6.07 Å². The highest BCUT2D eigenvalue weighted by molar-refractivity contribution is 6.00. The van der Waals surface area contributed by atoms with E-state index in [1.54, 1.807) is 13.1 Å². The number of carbonyl (C=O) groups excluding carboxylic acids is 1. The van der Waals surface area contributed by atoms with E-state index in [1.807, 2.05) is 0 Å². The van der Waals surface area contributed by atoms with Crippen LogP contribution < -0.4 is 4.90 Å². The van der Waals surface area contributed by atoms with Crippen LogP contribution in [0.3, 0.4) is 0 Å². The van der Waals surface area contributed by atoms with Gasteiger partial charge in [-0.3, -0.25) is 4.79 Å². The minimum Gasteiger partial charge on any atom is -0.342 e. The first-order chi connectivity index (χ1) is 9.00. The van der Waals surface area contributed by atoms with E-state index in [-0.39, 0.29) is 17.3 Å². The summed E-state index contributed by atoms with van der Waals surface area (Å²) in [5.74, 6) is -1.07. The first-order valence-corrected chi connectivity index (χ1v) is 5.79.